The minimum Gasteiger partial charge on any atom is -0.461 e. The second-order valence-corrected chi connectivity index (χ2v) is 13.4. The highest BCUT2D eigenvalue weighted by molar-refractivity contribution is 5.69. The van der Waals surface area contributed by atoms with Gasteiger partial charge in [0.25, 0.3) is 0 Å². The van der Waals surface area contributed by atoms with Gasteiger partial charge in [-0.2, -0.15) is 0 Å². The van der Waals surface area contributed by atoms with Crippen molar-refractivity contribution in [3.8, 4) is 0 Å². The summed E-state index contributed by atoms with van der Waals surface area (Å²) in [6.07, 6.45) is 35.6. The fourth-order valence-electron chi connectivity index (χ4n) is 5.55. The Kier molecular flexibility index (Phi) is 34.9. The molecule has 6 nitrogen and oxygen atoms in total. The predicted octanol–water partition coefficient (Wildman–Crippen LogP) is 10.5. The van der Waals surface area contributed by atoms with Crippen molar-refractivity contribution in [1.82, 2.24) is 9.80 Å². The van der Waals surface area contributed by atoms with E-state index in [0.717, 1.165) is 45.1 Å². The van der Waals surface area contributed by atoms with Crippen molar-refractivity contribution in [2.24, 2.45) is 0 Å². The zero-order chi connectivity index (χ0) is 33.8. The number of carbonyl (C=O) groups is 2. The van der Waals surface area contributed by atoms with Gasteiger partial charge in [-0.25, -0.2) is 0 Å². The van der Waals surface area contributed by atoms with Crippen LogP contribution in [0.5, 0.6) is 0 Å². The summed E-state index contributed by atoms with van der Waals surface area (Å²) in [7, 11) is 4.30. The predicted molar refractivity (Wildman–Crippen MR) is 197 cm³/mol. The molecule has 0 aromatic carbocycles. The molecular formula is C40H76N2O4. The second kappa shape index (κ2) is 36.2. The summed E-state index contributed by atoms with van der Waals surface area (Å²) >= 11 is 0. The number of rotatable bonds is 35. The van der Waals surface area contributed by atoms with Crippen LogP contribution in [0.25, 0.3) is 0 Å². The van der Waals surface area contributed by atoms with Crippen LogP contribution in [0.2, 0.25) is 0 Å². The summed E-state index contributed by atoms with van der Waals surface area (Å²) in [4.78, 5) is 28.9. The molecular weight excluding hydrogens is 572 g/mol. The van der Waals surface area contributed by atoms with E-state index in [-0.39, 0.29) is 11.9 Å². The molecule has 0 aliphatic rings. The lowest BCUT2D eigenvalue weighted by atomic mass is 10.1. The van der Waals surface area contributed by atoms with Gasteiger partial charge in [-0.3, -0.25) is 9.59 Å². The van der Waals surface area contributed by atoms with Crippen LogP contribution in [0.1, 0.15) is 168 Å². The average Bonchev–Trinajstić information content (AvgIpc) is 3.04. The fourth-order valence-corrected chi connectivity index (χ4v) is 5.55. The number of ether oxygens (including phenoxy) is 2. The minimum atomic E-state index is -0.0595. The third-order valence-electron chi connectivity index (χ3n) is 8.50. The maximum Gasteiger partial charge on any atom is 0.306 e. The molecule has 0 aliphatic heterocycles. The normalized spacial score (nSPS) is 11.9. The third-order valence-corrected chi connectivity index (χ3v) is 8.50. The molecule has 0 unspecified atom stereocenters. The highest BCUT2D eigenvalue weighted by Crippen LogP contribution is 2.11. The number of esters is 2. The molecule has 0 saturated heterocycles. The van der Waals surface area contributed by atoms with Gasteiger partial charge in [0.05, 0.1) is 0 Å². The van der Waals surface area contributed by atoms with Gasteiger partial charge in [0.15, 0.2) is 0 Å². The largest absolute Gasteiger partial charge is 0.461 e. The Morgan fingerprint density at radius 3 is 1.26 bits per heavy atom. The molecule has 0 radical (unpaired) electrons. The van der Waals surface area contributed by atoms with Gasteiger partial charge in [-0.05, 0) is 104 Å². The molecule has 0 N–H and O–H groups in total. The van der Waals surface area contributed by atoms with Crippen LogP contribution in [-0.4, -0.2) is 75.2 Å². The molecule has 0 heterocycles. The van der Waals surface area contributed by atoms with Gasteiger partial charge < -0.3 is 19.3 Å². The van der Waals surface area contributed by atoms with Crippen molar-refractivity contribution >= 4 is 11.9 Å². The SMILES string of the molecule is CCCCCCC=CCOC(=O)CCCCCCCN(CCCCCCCC(=O)OCC=CCCCCCC)CCCCN(C)C. The second-order valence-electron chi connectivity index (χ2n) is 13.4. The van der Waals surface area contributed by atoms with E-state index in [1.165, 1.54) is 122 Å². The Bertz CT molecular complexity index is 670. The first-order chi connectivity index (χ1) is 22.5. The summed E-state index contributed by atoms with van der Waals surface area (Å²) in [5.41, 5.74) is 0. The monoisotopic (exact) mass is 649 g/mol. The van der Waals surface area contributed by atoms with E-state index in [1.807, 2.05) is 12.2 Å². The van der Waals surface area contributed by atoms with Gasteiger partial charge in [0.2, 0.25) is 0 Å². The van der Waals surface area contributed by atoms with Crippen molar-refractivity contribution in [3.63, 3.8) is 0 Å². The van der Waals surface area contributed by atoms with E-state index >= 15 is 0 Å². The molecule has 0 atom stereocenters. The maximum absolute atomic E-state index is 12.0. The van der Waals surface area contributed by atoms with Crippen molar-refractivity contribution in [3.05, 3.63) is 24.3 Å². The van der Waals surface area contributed by atoms with E-state index in [2.05, 4.69) is 49.9 Å². The number of nitrogens with zero attached hydrogens (tertiary/aromatic N) is 2. The Morgan fingerprint density at radius 2 is 0.826 bits per heavy atom. The standard InChI is InChI=1S/C40H76N2O4/c1-5-7-9-11-13-21-29-37-45-39(43)31-23-17-15-19-25-34-42(36-28-27-33-41(3)4)35-26-20-16-18-24-32-40(44)46-38-30-22-14-12-10-8-6-2/h21-22,29-30H,5-20,23-28,31-38H2,1-4H3. The average molecular weight is 649 g/mol. The van der Waals surface area contributed by atoms with Gasteiger partial charge in [-0.1, -0.05) is 115 Å². The Hall–Kier alpha value is -1.66. The zero-order valence-corrected chi connectivity index (χ0v) is 31.1. The lowest BCUT2D eigenvalue weighted by Crippen LogP contribution is -2.28. The van der Waals surface area contributed by atoms with Crippen LogP contribution in [-0.2, 0) is 19.1 Å². The summed E-state index contributed by atoms with van der Waals surface area (Å²) < 4.78 is 10.7. The van der Waals surface area contributed by atoms with Gasteiger partial charge in [0, 0.05) is 12.8 Å². The van der Waals surface area contributed by atoms with Crippen molar-refractivity contribution in [1.29, 1.82) is 0 Å². The van der Waals surface area contributed by atoms with Crippen molar-refractivity contribution in [2.45, 2.75) is 168 Å². The molecule has 0 spiro atoms. The minimum absolute atomic E-state index is 0.0595. The zero-order valence-electron chi connectivity index (χ0n) is 31.1. The number of unbranched alkanes of at least 4 members (excludes halogenated alkanes) is 17. The molecule has 0 rings (SSSR count). The Labute approximate surface area is 286 Å². The summed E-state index contributed by atoms with van der Waals surface area (Å²) in [5.74, 6) is -0.119. The Morgan fingerprint density at radius 1 is 0.457 bits per heavy atom. The smallest absolute Gasteiger partial charge is 0.306 e. The first-order valence-corrected chi connectivity index (χ1v) is 19.5. The van der Waals surface area contributed by atoms with Gasteiger partial charge in [0.1, 0.15) is 13.2 Å². The van der Waals surface area contributed by atoms with Crippen LogP contribution in [0.4, 0.5) is 0 Å². The van der Waals surface area contributed by atoms with E-state index < -0.39 is 0 Å². The van der Waals surface area contributed by atoms with Crippen LogP contribution in [0, 0.1) is 0 Å². The van der Waals surface area contributed by atoms with Crippen LogP contribution in [0.15, 0.2) is 24.3 Å². The first-order valence-electron chi connectivity index (χ1n) is 19.5. The van der Waals surface area contributed by atoms with Crippen molar-refractivity contribution in [2.75, 3.05) is 53.5 Å². The highest BCUT2D eigenvalue weighted by Gasteiger charge is 2.07. The molecule has 46 heavy (non-hydrogen) atoms. The molecule has 6 heteroatoms. The number of hydrogen-bond acceptors (Lipinski definition) is 6. The number of carbonyl (C=O) groups excluding carboxylic acids is 2. The lowest BCUT2D eigenvalue weighted by Gasteiger charge is -2.23. The lowest BCUT2D eigenvalue weighted by molar-refractivity contribution is -0.143. The van der Waals surface area contributed by atoms with Gasteiger partial charge in [-0.15, -0.1) is 0 Å². The molecule has 0 bridgehead atoms. The number of allylic oxidation sites excluding steroid dienone is 2. The van der Waals surface area contributed by atoms with E-state index in [1.54, 1.807) is 0 Å². The van der Waals surface area contributed by atoms with E-state index in [9.17, 15) is 9.59 Å². The molecule has 270 valence electrons. The summed E-state index contributed by atoms with van der Waals surface area (Å²) in [6.45, 7) is 9.99. The molecule has 0 aromatic rings. The summed E-state index contributed by atoms with van der Waals surface area (Å²) in [6, 6.07) is 0. The maximum atomic E-state index is 12.0. The topological polar surface area (TPSA) is 59.1 Å². The van der Waals surface area contributed by atoms with Crippen LogP contribution in [0.3, 0.4) is 0 Å². The molecule has 0 fully saturated rings. The molecule has 0 saturated carbocycles. The molecule has 0 aromatic heterocycles. The summed E-state index contributed by atoms with van der Waals surface area (Å²) in [5, 5.41) is 0. The number of hydrogen-bond donors (Lipinski definition) is 0. The highest BCUT2D eigenvalue weighted by atomic mass is 16.5. The van der Waals surface area contributed by atoms with Gasteiger partial charge >= 0.3 is 11.9 Å². The van der Waals surface area contributed by atoms with Crippen molar-refractivity contribution < 1.29 is 19.1 Å². The fraction of sp³-hybridized carbons (Fsp3) is 0.850. The molecule has 0 amide bonds. The quantitative estimate of drug-likeness (QED) is 0.0387. The van der Waals surface area contributed by atoms with Crippen LogP contribution >= 0.6 is 0 Å². The first kappa shape index (κ1) is 44.3. The molecule has 0 aliphatic carbocycles. The third kappa shape index (κ3) is 35.2. The Balaban J connectivity index is 3.93. The van der Waals surface area contributed by atoms with Crippen LogP contribution < -0.4 is 0 Å². The van der Waals surface area contributed by atoms with E-state index in [4.69, 9.17) is 9.47 Å². The van der Waals surface area contributed by atoms with E-state index in [0.29, 0.717) is 26.1 Å².